The van der Waals surface area contributed by atoms with E-state index in [4.69, 9.17) is 26.2 Å². The van der Waals surface area contributed by atoms with Gasteiger partial charge in [-0.25, -0.2) is 4.79 Å². The van der Waals surface area contributed by atoms with Crippen LogP contribution in [0.1, 0.15) is 12.5 Å². The molecule has 94 valence electrons. The molecule has 0 aromatic heterocycles. The van der Waals surface area contributed by atoms with Crippen molar-refractivity contribution in [3.63, 3.8) is 0 Å². The van der Waals surface area contributed by atoms with Gasteiger partial charge in [0.05, 0.1) is 0 Å². The van der Waals surface area contributed by atoms with Crippen LogP contribution in [0, 0.1) is 6.92 Å². The van der Waals surface area contributed by atoms with Gasteiger partial charge in [0.15, 0.2) is 6.10 Å². The van der Waals surface area contributed by atoms with E-state index >= 15 is 0 Å². The van der Waals surface area contributed by atoms with Crippen molar-refractivity contribution in [1.29, 1.82) is 0 Å². The van der Waals surface area contributed by atoms with E-state index in [0.717, 1.165) is 5.56 Å². The average molecular weight is 259 g/mol. The minimum atomic E-state index is -1.03. The van der Waals surface area contributed by atoms with Gasteiger partial charge in [-0.05, 0) is 37.6 Å². The smallest absolute Gasteiger partial charge is 0.336 e. The second-order valence-electron chi connectivity index (χ2n) is 3.50. The van der Waals surface area contributed by atoms with E-state index in [-0.39, 0.29) is 6.61 Å². The van der Waals surface area contributed by atoms with Gasteiger partial charge in [-0.1, -0.05) is 11.6 Å². The Balaban J connectivity index is 2.62. The summed E-state index contributed by atoms with van der Waals surface area (Å²) < 4.78 is 10.4. The molecule has 0 saturated carbocycles. The van der Waals surface area contributed by atoms with Crippen LogP contribution in [-0.4, -0.2) is 30.4 Å². The summed E-state index contributed by atoms with van der Waals surface area (Å²) in [6, 6.07) is 5.16. The Morgan fingerprint density at radius 3 is 2.76 bits per heavy atom. The zero-order valence-corrected chi connectivity index (χ0v) is 10.5. The summed E-state index contributed by atoms with van der Waals surface area (Å²) in [4.78, 5) is 10.8. The maximum atomic E-state index is 10.8. The number of hydrogen-bond donors (Lipinski definition) is 1. The lowest BCUT2D eigenvalue weighted by Gasteiger charge is -2.14. The van der Waals surface area contributed by atoms with Gasteiger partial charge in [0.1, 0.15) is 12.4 Å². The first-order valence-corrected chi connectivity index (χ1v) is 5.65. The highest BCUT2D eigenvalue weighted by molar-refractivity contribution is 6.30. The summed E-state index contributed by atoms with van der Waals surface area (Å²) in [6.07, 6.45) is -0.949. The predicted octanol–water partition coefficient (Wildman–Crippen LogP) is 2.52. The van der Waals surface area contributed by atoms with Crippen LogP contribution in [-0.2, 0) is 9.53 Å². The summed E-state index contributed by atoms with van der Waals surface area (Å²) in [5.41, 5.74) is 0.859. The zero-order valence-electron chi connectivity index (χ0n) is 9.77. The maximum Gasteiger partial charge on any atom is 0.336 e. The van der Waals surface area contributed by atoms with Crippen LogP contribution in [0.4, 0.5) is 0 Å². The summed E-state index contributed by atoms with van der Waals surface area (Å²) in [5.74, 6) is -0.418. The van der Waals surface area contributed by atoms with Crippen LogP contribution in [0.3, 0.4) is 0 Å². The Kier molecular flexibility index (Phi) is 5.25. The number of aryl methyl sites for hydroxylation is 1. The van der Waals surface area contributed by atoms with Gasteiger partial charge in [0, 0.05) is 11.6 Å². The van der Waals surface area contributed by atoms with Crippen molar-refractivity contribution in [2.24, 2.45) is 0 Å². The van der Waals surface area contributed by atoms with Crippen molar-refractivity contribution >= 4 is 17.6 Å². The van der Waals surface area contributed by atoms with E-state index in [0.29, 0.717) is 17.4 Å². The number of rotatable bonds is 6. The minimum absolute atomic E-state index is 0.0222. The number of aliphatic carboxylic acids is 1. The largest absolute Gasteiger partial charge is 0.490 e. The molecular formula is C12H15ClO4. The molecule has 0 amide bonds. The number of ether oxygens (including phenoxy) is 2. The quantitative estimate of drug-likeness (QED) is 0.852. The van der Waals surface area contributed by atoms with Crippen LogP contribution in [0.15, 0.2) is 18.2 Å². The van der Waals surface area contributed by atoms with E-state index < -0.39 is 12.1 Å². The highest BCUT2D eigenvalue weighted by atomic mass is 35.5. The minimum Gasteiger partial charge on any atom is -0.490 e. The summed E-state index contributed by atoms with van der Waals surface area (Å²) in [7, 11) is 0. The SMILES string of the molecule is CCOC(COc1ccc(Cl)cc1C)C(=O)O. The normalized spacial score (nSPS) is 12.2. The fraction of sp³-hybridized carbons (Fsp3) is 0.417. The lowest BCUT2D eigenvalue weighted by atomic mass is 10.2. The summed E-state index contributed by atoms with van der Waals surface area (Å²) in [5, 5.41) is 9.49. The first-order chi connectivity index (χ1) is 8.04. The Bertz CT molecular complexity index is 392. The Morgan fingerprint density at radius 2 is 2.24 bits per heavy atom. The van der Waals surface area contributed by atoms with Crippen molar-refractivity contribution in [3.8, 4) is 5.75 Å². The first-order valence-electron chi connectivity index (χ1n) is 5.28. The molecule has 0 heterocycles. The molecule has 1 N–H and O–H groups in total. The van der Waals surface area contributed by atoms with Gasteiger partial charge < -0.3 is 14.6 Å². The second-order valence-corrected chi connectivity index (χ2v) is 3.94. The number of hydrogen-bond acceptors (Lipinski definition) is 3. The maximum absolute atomic E-state index is 10.8. The molecule has 0 fully saturated rings. The standard InChI is InChI=1S/C12H15ClO4/c1-3-16-11(12(14)15)7-17-10-5-4-9(13)6-8(10)2/h4-6,11H,3,7H2,1-2H3,(H,14,15). The topological polar surface area (TPSA) is 55.8 Å². The molecule has 1 aromatic carbocycles. The lowest BCUT2D eigenvalue weighted by molar-refractivity contribution is -0.152. The highest BCUT2D eigenvalue weighted by Crippen LogP contribution is 2.21. The third-order valence-corrected chi connectivity index (χ3v) is 2.41. The lowest BCUT2D eigenvalue weighted by Crippen LogP contribution is -2.30. The van der Waals surface area contributed by atoms with Crippen molar-refractivity contribution in [2.75, 3.05) is 13.2 Å². The van der Waals surface area contributed by atoms with Crippen molar-refractivity contribution in [3.05, 3.63) is 28.8 Å². The molecule has 0 aliphatic carbocycles. The molecule has 0 spiro atoms. The molecule has 0 aliphatic rings. The fourth-order valence-electron chi connectivity index (χ4n) is 1.33. The van der Waals surface area contributed by atoms with Crippen LogP contribution < -0.4 is 4.74 Å². The van der Waals surface area contributed by atoms with Gasteiger partial charge in [-0.2, -0.15) is 0 Å². The van der Waals surface area contributed by atoms with Gasteiger partial charge in [0.25, 0.3) is 0 Å². The van der Waals surface area contributed by atoms with Crippen molar-refractivity contribution in [2.45, 2.75) is 20.0 Å². The third kappa shape index (κ3) is 4.24. The van der Waals surface area contributed by atoms with Gasteiger partial charge >= 0.3 is 5.97 Å². The molecule has 0 saturated heterocycles. The van der Waals surface area contributed by atoms with Crippen LogP contribution >= 0.6 is 11.6 Å². The van der Waals surface area contributed by atoms with E-state index in [2.05, 4.69) is 0 Å². The summed E-state index contributed by atoms with van der Waals surface area (Å²) >= 11 is 5.81. The van der Waals surface area contributed by atoms with E-state index in [1.807, 2.05) is 6.92 Å². The number of benzene rings is 1. The fourth-order valence-corrected chi connectivity index (χ4v) is 1.56. The van der Waals surface area contributed by atoms with Crippen molar-refractivity contribution in [1.82, 2.24) is 0 Å². The monoisotopic (exact) mass is 258 g/mol. The first kappa shape index (κ1) is 13.8. The molecule has 1 atom stereocenters. The third-order valence-electron chi connectivity index (χ3n) is 2.17. The molecule has 1 aromatic rings. The molecule has 1 unspecified atom stereocenters. The summed E-state index contributed by atoms with van der Waals surface area (Å²) in [6.45, 7) is 3.90. The van der Waals surface area contributed by atoms with Crippen LogP contribution in [0.2, 0.25) is 5.02 Å². The molecule has 5 heteroatoms. The highest BCUT2D eigenvalue weighted by Gasteiger charge is 2.18. The molecular weight excluding hydrogens is 244 g/mol. The zero-order chi connectivity index (χ0) is 12.8. The Hall–Kier alpha value is -1.26. The van der Waals surface area contributed by atoms with Gasteiger partial charge in [-0.15, -0.1) is 0 Å². The number of carboxylic acid groups (broad SMARTS) is 1. The molecule has 1 rings (SSSR count). The molecule has 0 aliphatic heterocycles. The van der Waals surface area contributed by atoms with Crippen LogP contribution in [0.5, 0.6) is 5.75 Å². The Labute approximate surface area is 105 Å². The van der Waals surface area contributed by atoms with E-state index in [9.17, 15) is 4.79 Å². The van der Waals surface area contributed by atoms with E-state index in [1.54, 1.807) is 25.1 Å². The predicted molar refractivity (Wildman–Crippen MR) is 64.7 cm³/mol. The van der Waals surface area contributed by atoms with Crippen LogP contribution in [0.25, 0.3) is 0 Å². The molecule has 0 radical (unpaired) electrons. The van der Waals surface area contributed by atoms with Gasteiger partial charge in [-0.3, -0.25) is 0 Å². The number of halogens is 1. The number of carboxylic acids is 1. The van der Waals surface area contributed by atoms with Gasteiger partial charge in [0.2, 0.25) is 0 Å². The molecule has 4 nitrogen and oxygen atoms in total. The molecule has 17 heavy (non-hydrogen) atoms. The van der Waals surface area contributed by atoms with E-state index in [1.165, 1.54) is 0 Å². The number of carbonyl (C=O) groups is 1. The second kappa shape index (κ2) is 6.47. The Morgan fingerprint density at radius 1 is 1.53 bits per heavy atom. The average Bonchev–Trinajstić information content (AvgIpc) is 2.25. The van der Waals surface area contributed by atoms with Crippen molar-refractivity contribution < 1.29 is 19.4 Å². The molecule has 0 bridgehead atoms.